The van der Waals surface area contributed by atoms with Crippen LogP contribution in [-0.2, 0) is 22.7 Å². The minimum atomic E-state index is 0.392. The van der Waals surface area contributed by atoms with Crippen LogP contribution < -0.4 is 15.6 Å². The van der Waals surface area contributed by atoms with Crippen LogP contribution in [-0.4, -0.2) is 57.4 Å². The van der Waals surface area contributed by atoms with Crippen molar-refractivity contribution in [1.29, 1.82) is 0 Å². The van der Waals surface area contributed by atoms with Gasteiger partial charge in [-0.3, -0.25) is 4.79 Å². The fourth-order valence-corrected chi connectivity index (χ4v) is 5.59. The summed E-state index contributed by atoms with van der Waals surface area (Å²) in [4.78, 5) is 22.2. The van der Waals surface area contributed by atoms with Gasteiger partial charge < -0.3 is 25.2 Å². The second kappa shape index (κ2) is 20.0. The molecule has 2 N–H and O–H groups in total. The van der Waals surface area contributed by atoms with E-state index in [1.54, 1.807) is 0 Å². The van der Waals surface area contributed by atoms with Gasteiger partial charge in [0.1, 0.15) is 13.1 Å². The Hall–Kier alpha value is -3.00. The Morgan fingerprint density at radius 1 is 1.07 bits per heavy atom. The zero-order valence-electron chi connectivity index (χ0n) is 26.5. The molecule has 2 saturated heterocycles. The normalized spacial score (nSPS) is 15.7. The van der Waals surface area contributed by atoms with Crippen LogP contribution in [0.4, 0.5) is 5.69 Å². The second-order valence-electron chi connectivity index (χ2n) is 10.9. The van der Waals surface area contributed by atoms with Gasteiger partial charge in [-0.1, -0.05) is 58.0 Å². The Morgan fingerprint density at radius 2 is 1.74 bits per heavy atom. The third-order valence-corrected chi connectivity index (χ3v) is 7.93. The second-order valence-corrected chi connectivity index (χ2v) is 10.9. The molecule has 0 saturated carbocycles. The van der Waals surface area contributed by atoms with Gasteiger partial charge in [0.2, 0.25) is 0 Å². The molecule has 0 spiro atoms. The quantitative estimate of drug-likeness (QED) is 0.204. The summed E-state index contributed by atoms with van der Waals surface area (Å²) >= 11 is 0. The summed E-state index contributed by atoms with van der Waals surface area (Å²) in [6.07, 6.45) is 9.08. The molecule has 4 rings (SSSR count). The molecule has 232 valence electrons. The number of carbonyl (C=O) groups is 2. The first-order valence-corrected chi connectivity index (χ1v) is 15.7. The fourth-order valence-electron chi connectivity index (χ4n) is 5.59. The van der Waals surface area contributed by atoms with Crippen LogP contribution in [0, 0.1) is 0 Å². The average molecular weight is 579 g/mol. The number of hydrogen-bond donors (Lipinski definition) is 2. The van der Waals surface area contributed by atoms with Gasteiger partial charge in [-0.15, -0.1) is 0 Å². The molecular formula is C35H54N4O3. The van der Waals surface area contributed by atoms with Gasteiger partial charge in [0.05, 0.1) is 12.7 Å². The van der Waals surface area contributed by atoms with Crippen LogP contribution in [0.3, 0.4) is 0 Å². The largest absolute Gasteiger partial charge is 0.373 e. The maximum atomic E-state index is 11.7. The number of allylic oxidation sites excluding steroid dienone is 1. The summed E-state index contributed by atoms with van der Waals surface area (Å²) in [5, 5.41) is 5.42. The lowest BCUT2D eigenvalue weighted by molar-refractivity contribution is -0.0980. The van der Waals surface area contributed by atoms with Gasteiger partial charge >= 0.3 is 0 Å². The molecule has 7 heteroatoms. The molecule has 42 heavy (non-hydrogen) atoms. The third-order valence-electron chi connectivity index (χ3n) is 7.93. The van der Waals surface area contributed by atoms with E-state index in [2.05, 4.69) is 65.5 Å². The van der Waals surface area contributed by atoms with Crippen LogP contribution >= 0.6 is 0 Å². The van der Waals surface area contributed by atoms with E-state index >= 15 is 0 Å². The van der Waals surface area contributed by atoms with Crippen molar-refractivity contribution in [3.8, 4) is 0 Å². The highest BCUT2D eigenvalue weighted by Crippen LogP contribution is 2.31. The van der Waals surface area contributed by atoms with E-state index in [4.69, 9.17) is 9.53 Å². The van der Waals surface area contributed by atoms with E-state index in [9.17, 15) is 4.79 Å². The fraction of sp³-hybridized carbons (Fsp3) is 0.543. The Morgan fingerprint density at radius 3 is 2.36 bits per heavy atom. The molecule has 0 unspecified atom stereocenters. The number of nitrogens with one attached hydrogen (secondary N) is 2. The summed E-state index contributed by atoms with van der Waals surface area (Å²) in [6.45, 7) is 17.8. The van der Waals surface area contributed by atoms with E-state index < -0.39 is 0 Å². The van der Waals surface area contributed by atoms with E-state index in [0.717, 1.165) is 94.2 Å². The molecule has 0 radical (unpaired) electrons. The predicted octanol–water partition coefficient (Wildman–Crippen LogP) is 6.63. The van der Waals surface area contributed by atoms with Crippen molar-refractivity contribution in [1.82, 2.24) is 15.8 Å². The van der Waals surface area contributed by atoms with E-state index in [1.165, 1.54) is 16.8 Å². The number of hydrogen-bond acceptors (Lipinski definition) is 7. The van der Waals surface area contributed by atoms with Crippen molar-refractivity contribution in [2.24, 2.45) is 0 Å². The van der Waals surface area contributed by atoms with Crippen molar-refractivity contribution >= 4 is 18.8 Å². The number of piperidine rings is 2. The lowest BCUT2D eigenvalue weighted by Gasteiger charge is -2.34. The number of hydrazine groups is 1. The molecule has 2 aromatic carbocycles. The highest BCUT2D eigenvalue weighted by Gasteiger charge is 2.22. The van der Waals surface area contributed by atoms with Crippen molar-refractivity contribution in [3.63, 3.8) is 0 Å². The predicted molar refractivity (Wildman–Crippen MR) is 175 cm³/mol. The maximum absolute atomic E-state index is 11.7. The molecule has 0 amide bonds. The molecular weight excluding hydrogens is 524 g/mol. The lowest BCUT2D eigenvalue weighted by Crippen LogP contribution is -2.34. The first-order valence-electron chi connectivity index (χ1n) is 15.7. The summed E-state index contributed by atoms with van der Waals surface area (Å²) in [5.41, 5.74) is 10.1. The van der Waals surface area contributed by atoms with Gasteiger partial charge in [0, 0.05) is 43.6 Å². The average Bonchev–Trinajstić information content (AvgIpc) is 3.05. The number of benzene rings is 2. The number of aldehydes is 1. The lowest BCUT2D eigenvalue weighted by atomic mass is 9.88. The number of carbonyl (C=O) groups excluding carboxylic acids is 2. The van der Waals surface area contributed by atoms with Crippen LogP contribution in [0.2, 0.25) is 0 Å². The highest BCUT2D eigenvalue weighted by atomic mass is 16.5. The molecule has 0 aromatic heterocycles. The van der Waals surface area contributed by atoms with Crippen molar-refractivity contribution in [2.75, 3.05) is 38.1 Å². The molecule has 2 aromatic rings. The molecule has 0 atom stereocenters. The van der Waals surface area contributed by atoms with E-state index in [1.807, 2.05) is 38.8 Å². The van der Waals surface area contributed by atoms with Gasteiger partial charge in [-0.2, -0.15) is 0 Å². The van der Waals surface area contributed by atoms with Crippen LogP contribution in [0.1, 0.15) is 98.7 Å². The highest BCUT2D eigenvalue weighted by molar-refractivity contribution is 5.78. The number of anilines is 1. The van der Waals surface area contributed by atoms with Gasteiger partial charge in [0.15, 0.2) is 0 Å². The van der Waals surface area contributed by atoms with Gasteiger partial charge in [-0.05, 0) is 92.4 Å². The number of unbranched alkanes of at least 4 members (excludes halogenated alkanes) is 1. The summed E-state index contributed by atoms with van der Waals surface area (Å²) in [5.74, 6) is 0.587. The number of rotatable bonds is 13. The molecule has 2 heterocycles. The third kappa shape index (κ3) is 11.3. The molecule has 7 nitrogen and oxygen atoms in total. The first-order chi connectivity index (χ1) is 20.6. The van der Waals surface area contributed by atoms with Crippen LogP contribution in [0.25, 0.3) is 0 Å². The minimum absolute atomic E-state index is 0.392. The molecule has 0 aliphatic carbocycles. The van der Waals surface area contributed by atoms with Crippen molar-refractivity contribution in [2.45, 2.75) is 90.9 Å². The first kappa shape index (κ1) is 35.2. The Labute approximate surface area is 254 Å². The Bertz CT molecular complexity index is 1040. The molecule has 2 fully saturated rings. The van der Waals surface area contributed by atoms with Gasteiger partial charge in [-0.25, -0.2) is 5.01 Å². The summed E-state index contributed by atoms with van der Waals surface area (Å²) in [6, 6.07) is 15.3. The Kier molecular flexibility index (Phi) is 16.8. The summed E-state index contributed by atoms with van der Waals surface area (Å²) < 4.78 is 6.12. The number of ether oxygens (including phenoxy) is 1. The van der Waals surface area contributed by atoms with E-state index in [-0.39, 0.29) is 0 Å². The molecule has 2 aliphatic heterocycles. The summed E-state index contributed by atoms with van der Waals surface area (Å²) in [7, 11) is 2.01. The minimum Gasteiger partial charge on any atom is -0.373 e. The zero-order valence-corrected chi connectivity index (χ0v) is 26.5. The van der Waals surface area contributed by atoms with Crippen molar-refractivity contribution in [3.05, 3.63) is 77.0 Å². The van der Waals surface area contributed by atoms with Gasteiger partial charge in [0.25, 0.3) is 0 Å². The zero-order chi connectivity index (χ0) is 30.7. The molecule has 2 aliphatic rings. The molecule has 0 bridgehead atoms. The van der Waals surface area contributed by atoms with Crippen LogP contribution in [0.15, 0.2) is 54.7 Å². The smallest absolute Gasteiger partial charge is 0.150 e. The van der Waals surface area contributed by atoms with Crippen molar-refractivity contribution < 1.29 is 14.3 Å². The van der Waals surface area contributed by atoms with Crippen LogP contribution in [0.5, 0.6) is 0 Å². The maximum Gasteiger partial charge on any atom is 0.150 e. The number of nitrogens with zero attached hydrogens (tertiary/aromatic N) is 2. The topological polar surface area (TPSA) is 73.9 Å². The monoisotopic (exact) mass is 578 g/mol. The van der Waals surface area contributed by atoms with E-state index in [0.29, 0.717) is 25.2 Å². The SMILES string of the molecule is C=C(CCCC)NN(C)Cc1cc(N2CCC(c3ccc(COC4CCNCC4)cc3)CC2)ccc1C=O.C=O.CC. The standard InChI is InChI=1S/C32H46N4O2.C2H6.CH2O/c1-4-5-6-25(2)34-35(3)22-30-21-31(12-11-29(30)23-37)36-19-15-28(16-20-36)27-9-7-26(8-10-27)24-38-32-13-17-33-18-14-32;2*1-2/h7-12,21,23,28,32-34H,2,4-6,13-20,22,24H2,1,3H3;1-2H3;1H2. The Balaban J connectivity index is 0.00000148.